The number of carbonyl (C=O) groups excluding carboxylic acids is 1. The third-order valence-electron chi connectivity index (χ3n) is 7.34. The monoisotopic (exact) mass is 587 g/mol. The first-order chi connectivity index (χ1) is 19.6. The van der Waals surface area contributed by atoms with Crippen LogP contribution in [0.25, 0.3) is 0 Å². The Morgan fingerprint density at radius 3 is 2.10 bits per heavy atom. The molecule has 4 N–H and O–H groups in total. The molecule has 4 rings (SSSR count). The zero-order valence-corrected chi connectivity index (χ0v) is 25.5. The number of phenols is 3. The second-order valence-electron chi connectivity index (χ2n) is 11.8. The lowest BCUT2D eigenvalue weighted by atomic mass is 9.87. The van der Waals surface area contributed by atoms with E-state index in [4.69, 9.17) is 0 Å². The number of anilines is 1. The van der Waals surface area contributed by atoms with Gasteiger partial charge in [0.05, 0.1) is 15.4 Å². The minimum absolute atomic E-state index is 0.119. The van der Waals surface area contributed by atoms with Crippen LogP contribution in [0.5, 0.6) is 17.2 Å². The number of aromatic hydroxyl groups is 3. The standard InChI is InChI=1S/C34H37NO6S/c1-20(2)25-12-8-7-11-22(25)18-23-19-26(31(37)32(38)30(23)36)33(39)35-24-15-16-28(21(3)17-24)42(40,41)29-14-10-9-13-27(29)34(4,5)6/h7-17,19-20,36-38H,18H2,1-6H3,(H,35,39). The summed E-state index contributed by atoms with van der Waals surface area (Å²) in [7, 11) is -3.86. The van der Waals surface area contributed by atoms with Crippen LogP contribution in [0.15, 0.2) is 82.6 Å². The highest BCUT2D eigenvalue weighted by molar-refractivity contribution is 7.91. The van der Waals surface area contributed by atoms with E-state index < -0.39 is 33.0 Å². The van der Waals surface area contributed by atoms with Crippen molar-refractivity contribution in [1.29, 1.82) is 0 Å². The van der Waals surface area contributed by atoms with Crippen molar-refractivity contribution in [3.63, 3.8) is 0 Å². The molecule has 8 heteroatoms. The molecule has 0 aliphatic carbocycles. The molecule has 4 aromatic carbocycles. The van der Waals surface area contributed by atoms with Gasteiger partial charge in [-0.05, 0) is 70.8 Å². The Hall–Kier alpha value is -4.30. The molecular formula is C34H37NO6S. The van der Waals surface area contributed by atoms with Gasteiger partial charge in [0.2, 0.25) is 15.6 Å². The van der Waals surface area contributed by atoms with Crippen molar-refractivity contribution < 1.29 is 28.5 Å². The van der Waals surface area contributed by atoms with Gasteiger partial charge in [0.25, 0.3) is 5.91 Å². The predicted molar refractivity (Wildman–Crippen MR) is 164 cm³/mol. The fraction of sp³-hybridized carbons (Fsp3) is 0.265. The van der Waals surface area contributed by atoms with E-state index in [1.54, 1.807) is 25.1 Å². The summed E-state index contributed by atoms with van der Waals surface area (Å²) in [5.41, 5.74) is 3.08. The lowest BCUT2D eigenvalue weighted by molar-refractivity contribution is 0.102. The molecule has 7 nitrogen and oxygen atoms in total. The Morgan fingerprint density at radius 1 is 0.810 bits per heavy atom. The maximum Gasteiger partial charge on any atom is 0.259 e. The number of rotatable bonds is 7. The number of aryl methyl sites for hydroxylation is 1. The number of hydrogen-bond donors (Lipinski definition) is 4. The van der Waals surface area contributed by atoms with Crippen molar-refractivity contribution in [3.05, 3.63) is 106 Å². The van der Waals surface area contributed by atoms with E-state index in [0.29, 0.717) is 16.8 Å². The number of carbonyl (C=O) groups is 1. The zero-order chi connectivity index (χ0) is 31.0. The van der Waals surface area contributed by atoms with Crippen LogP contribution in [-0.2, 0) is 21.7 Å². The molecule has 0 saturated carbocycles. The van der Waals surface area contributed by atoms with Gasteiger partial charge in [-0.1, -0.05) is 77.1 Å². The first-order valence-corrected chi connectivity index (χ1v) is 15.2. The Balaban J connectivity index is 1.66. The molecule has 0 bridgehead atoms. The van der Waals surface area contributed by atoms with E-state index in [1.165, 1.54) is 18.2 Å². The van der Waals surface area contributed by atoms with Crippen LogP contribution < -0.4 is 5.32 Å². The van der Waals surface area contributed by atoms with E-state index in [0.717, 1.165) is 11.1 Å². The smallest absolute Gasteiger partial charge is 0.259 e. The number of benzene rings is 4. The SMILES string of the molecule is Cc1cc(NC(=O)c2cc(Cc3ccccc3C(C)C)c(O)c(O)c2O)ccc1S(=O)(=O)c1ccccc1C(C)(C)C. The van der Waals surface area contributed by atoms with Crippen LogP contribution in [0.2, 0.25) is 0 Å². The van der Waals surface area contributed by atoms with Crippen molar-refractivity contribution in [2.75, 3.05) is 5.32 Å². The summed E-state index contributed by atoms with van der Waals surface area (Å²) >= 11 is 0. The molecule has 0 atom stereocenters. The maximum atomic E-state index is 13.7. The Morgan fingerprint density at radius 2 is 1.45 bits per heavy atom. The van der Waals surface area contributed by atoms with Crippen LogP contribution in [0, 0.1) is 6.92 Å². The van der Waals surface area contributed by atoms with Crippen LogP contribution >= 0.6 is 0 Å². The molecule has 0 saturated heterocycles. The second-order valence-corrected chi connectivity index (χ2v) is 13.7. The average molecular weight is 588 g/mol. The predicted octanol–water partition coefficient (Wildman–Crippen LogP) is 7.21. The van der Waals surface area contributed by atoms with Gasteiger partial charge in [0, 0.05) is 17.7 Å². The molecule has 0 fully saturated rings. The third kappa shape index (κ3) is 5.99. The lowest BCUT2D eigenvalue weighted by Crippen LogP contribution is -2.17. The van der Waals surface area contributed by atoms with Gasteiger partial charge in [-0.2, -0.15) is 0 Å². The molecule has 1 amide bonds. The van der Waals surface area contributed by atoms with E-state index >= 15 is 0 Å². The molecule has 220 valence electrons. The summed E-state index contributed by atoms with van der Waals surface area (Å²) < 4.78 is 27.3. The Labute approximate surface area is 247 Å². The summed E-state index contributed by atoms with van der Waals surface area (Å²) in [6.45, 7) is 11.6. The summed E-state index contributed by atoms with van der Waals surface area (Å²) in [4.78, 5) is 13.6. The molecule has 0 spiro atoms. The van der Waals surface area contributed by atoms with Crippen LogP contribution in [0.1, 0.15) is 78.7 Å². The van der Waals surface area contributed by atoms with E-state index in [2.05, 4.69) is 5.32 Å². The topological polar surface area (TPSA) is 124 Å². The number of sulfone groups is 1. The molecule has 0 aliphatic rings. The van der Waals surface area contributed by atoms with Crippen LogP contribution in [-0.4, -0.2) is 29.6 Å². The molecule has 0 aliphatic heterocycles. The minimum atomic E-state index is -3.86. The summed E-state index contributed by atoms with van der Waals surface area (Å²) in [5, 5.41) is 34.2. The van der Waals surface area contributed by atoms with Gasteiger partial charge in [0.15, 0.2) is 11.5 Å². The minimum Gasteiger partial charge on any atom is -0.504 e. The van der Waals surface area contributed by atoms with Crippen LogP contribution in [0.4, 0.5) is 5.69 Å². The first kappa shape index (κ1) is 30.7. The summed E-state index contributed by atoms with van der Waals surface area (Å²) in [6, 6.07) is 20.4. The Kier molecular flexibility index (Phi) is 8.41. The van der Waals surface area contributed by atoms with E-state index in [1.807, 2.05) is 71.0 Å². The largest absolute Gasteiger partial charge is 0.504 e. The van der Waals surface area contributed by atoms with Gasteiger partial charge in [-0.3, -0.25) is 4.79 Å². The summed E-state index contributed by atoms with van der Waals surface area (Å²) in [5.74, 6) is -2.54. The van der Waals surface area contributed by atoms with Gasteiger partial charge in [-0.25, -0.2) is 8.42 Å². The first-order valence-electron chi connectivity index (χ1n) is 13.7. The zero-order valence-electron chi connectivity index (χ0n) is 24.7. The average Bonchev–Trinajstić information content (AvgIpc) is 2.92. The highest BCUT2D eigenvalue weighted by Crippen LogP contribution is 2.42. The van der Waals surface area contributed by atoms with Crippen molar-refractivity contribution in [3.8, 4) is 17.2 Å². The highest BCUT2D eigenvalue weighted by Gasteiger charge is 2.28. The van der Waals surface area contributed by atoms with Gasteiger partial charge in [0.1, 0.15) is 0 Å². The normalized spacial score (nSPS) is 12.0. The molecular weight excluding hydrogens is 550 g/mol. The molecule has 42 heavy (non-hydrogen) atoms. The van der Waals surface area contributed by atoms with Crippen molar-refractivity contribution in [2.24, 2.45) is 0 Å². The highest BCUT2D eigenvalue weighted by atomic mass is 32.2. The van der Waals surface area contributed by atoms with E-state index in [9.17, 15) is 28.5 Å². The van der Waals surface area contributed by atoms with Crippen molar-refractivity contribution in [1.82, 2.24) is 0 Å². The van der Waals surface area contributed by atoms with Crippen molar-refractivity contribution >= 4 is 21.4 Å². The van der Waals surface area contributed by atoms with Gasteiger partial charge >= 0.3 is 0 Å². The fourth-order valence-corrected chi connectivity index (χ4v) is 7.03. The van der Waals surface area contributed by atoms with Gasteiger partial charge in [-0.15, -0.1) is 0 Å². The van der Waals surface area contributed by atoms with Crippen molar-refractivity contribution in [2.45, 2.75) is 69.1 Å². The number of phenolic OH excluding ortho intramolecular Hbond substituents is 3. The lowest BCUT2D eigenvalue weighted by Gasteiger charge is -2.23. The fourth-order valence-electron chi connectivity index (χ4n) is 5.14. The number of nitrogens with one attached hydrogen (secondary N) is 1. The summed E-state index contributed by atoms with van der Waals surface area (Å²) in [6.07, 6.45) is 0.232. The maximum absolute atomic E-state index is 13.7. The third-order valence-corrected chi connectivity index (χ3v) is 9.31. The second kappa shape index (κ2) is 11.5. The van der Waals surface area contributed by atoms with E-state index in [-0.39, 0.29) is 38.7 Å². The van der Waals surface area contributed by atoms with Gasteiger partial charge < -0.3 is 20.6 Å². The number of amides is 1. The Bertz CT molecular complexity index is 1770. The van der Waals surface area contributed by atoms with Crippen LogP contribution in [0.3, 0.4) is 0 Å². The number of hydrogen-bond acceptors (Lipinski definition) is 6. The molecule has 0 unspecified atom stereocenters. The molecule has 0 aromatic heterocycles. The quantitative estimate of drug-likeness (QED) is 0.169. The molecule has 4 aromatic rings. The molecule has 0 heterocycles. The molecule has 0 radical (unpaired) electrons.